The van der Waals surface area contributed by atoms with Gasteiger partial charge in [0.2, 0.25) is 0 Å². The Morgan fingerprint density at radius 1 is 0.917 bits per heavy atom. The Bertz CT molecular complexity index is 899. The Labute approximate surface area is 143 Å². The zero-order chi connectivity index (χ0) is 16.8. The first-order valence-electron chi connectivity index (χ1n) is 8.12. The summed E-state index contributed by atoms with van der Waals surface area (Å²) in [6, 6.07) is 23.9. The molecule has 1 heteroatoms. The Balaban J connectivity index is 1.97. The van der Waals surface area contributed by atoms with Crippen molar-refractivity contribution in [1.82, 2.24) is 0 Å². The second-order valence-corrected chi connectivity index (χ2v) is 5.87. The Morgan fingerprint density at radius 2 is 1.62 bits per heavy atom. The lowest BCUT2D eigenvalue weighted by molar-refractivity contribution is 0.0914. The van der Waals surface area contributed by atoms with Gasteiger partial charge in [-0.2, -0.15) is 0 Å². The molecule has 1 N–H and O–H groups in total. The number of hydrogen-bond acceptors (Lipinski definition) is 1. The van der Waals surface area contributed by atoms with Gasteiger partial charge >= 0.3 is 0 Å². The third-order valence-electron chi connectivity index (χ3n) is 4.12. The summed E-state index contributed by atoms with van der Waals surface area (Å²) in [6.45, 7) is 3.75. The van der Waals surface area contributed by atoms with Gasteiger partial charge in [-0.05, 0) is 41.3 Å². The molecule has 0 amide bonds. The molecular weight excluding hydrogens is 292 g/mol. The zero-order valence-electron chi connectivity index (χ0n) is 13.6. The molecule has 118 valence electrons. The van der Waals surface area contributed by atoms with Crippen LogP contribution in [0.4, 0.5) is 0 Å². The van der Waals surface area contributed by atoms with Crippen molar-refractivity contribution in [2.45, 2.75) is 18.4 Å². The molecule has 0 saturated carbocycles. The van der Waals surface area contributed by atoms with Crippen molar-refractivity contribution in [3.8, 4) is 11.8 Å². The van der Waals surface area contributed by atoms with Crippen molar-refractivity contribution < 1.29 is 5.11 Å². The lowest BCUT2D eigenvalue weighted by atomic mass is 9.89. The average Bonchev–Trinajstić information content (AvgIpc) is 2.65. The van der Waals surface area contributed by atoms with Crippen molar-refractivity contribution in [3.63, 3.8) is 0 Å². The highest BCUT2D eigenvalue weighted by atomic mass is 16.3. The van der Waals surface area contributed by atoms with Crippen LogP contribution in [-0.4, -0.2) is 5.11 Å². The minimum Gasteiger partial charge on any atom is -0.373 e. The number of allylic oxidation sites excluding steroid dienone is 1. The smallest absolute Gasteiger partial charge is 0.151 e. The fraction of sp³-hybridized carbons (Fsp3) is 0.130. The van der Waals surface area contributed by atoms with Gasteiger partial charge in [-0.3, -0.25) is 0 Å². The maximum Gasteiger partial charge on any atom is 0.151 e. The highest BCUT2D eigenvalue weighted by Crippen LogP contribution is 2.26. The van der Waals surface area contributed by atoms with Crippen LogP contribution in [0.2, 0.25) is 0 Å². The highest BCUT2D eigenvalue weighted by molar-refractivity contribution is 5.83. The first-order valence-corrected chi connectivity index (χ1v) is 8.12. The second-order valence-electron chi connectivity index (χ2n) is 5.87. The number of aliphatic hydroxyl groups is 1. The number of hydrogen-bond donors (Lipinski definition) is 1. The highest BCUT2D eigenvalue weighted by Gasteiger charge is 2.25. The summed E-state index contributed by atoms with van der Waals surface area (Å²) in [5, 5.41) is 13.4. The van der Waals surface area contributed by atoms with E-state index in [9.17, 15) is 5.11 Å². The van der Waals surface area contributed by atoms with Crippen molar-refractivity contribution in [2.75, 3.05) is 0 Å². The van der Waals surface area contributed by atoms with Gasteiger partial charge in [-0.1, -0.05) is 78.6 Å². The van der Waals surface area contributed by atoms with Crippen LogP contribution in [0, 0.1) is 11.8 Å². The molecule has 0 heterocycles. The molecule has 24 heavy (non-hydrogen) atoms. The van der Waals surface area contributed by atoms with Gasteiger partial charge < -0.3 is 5.11 Å². The topological polar surface area (TPSA) is 20.2 Å². The zero-order valence-corrected chi connectivity index (χ0v) is 13.6. The van der Waals surface area contributed by atoms with Crippen LogP contribution in [0.5, 0.6) is 0 Å². The Morgan fingerprint density at radius 3 is 2.38 bits per heavy atom. The van der Waals surface area contributed by atoms with Crippen LogP contribution in [0.25, 0.3) is 10.8 Å². The molecule has 1 unspecified atom stereocenters. The fourth-order valence-corrected chi connectivity index (χ4v) is 2.75. The van der Waals surface area contributed by atoms with E-state index in [1.54, 1.807) is 0 Å². The first kappa shape index (κ1) is 16.1. The third kappa shape index (κ3) is 3.56. The molecule has 3 aromatic rings. The van der Waals surface area contributed by atoms with E-state index in [4.69, 9.17) is 0 Å². The van der Waals surface area contributed by atoms with Crippen LogP contribution >= 0.6 is 0 Å². The largest absolute Gasteiger partial charge is 0.373 e. The summed E-state index contributed by atoms with van der Waals surface area (Å²) < 4.78 is 0. The van der Waals surface area contributed by atoms with Crippen molar-refractivity contribution >= 4 is 10.8 Å². The fourth-order valence-electron chi connectivity index (χ4n) is 2.75. The van der Waals surface area contributed by atoms with E-state index in [0.29, 0.717) is 12.8 Å². The summed E-state index contributed by atoms with van der Waals surface area (Å²) in [7, 11) is 0. The Hall–Kier alpha value is -2.82. The first-order chi connectivity index (χ1) is 11.7. The summed E-state index contributed by atoms with van der Waals surface area (Å²) in [6.07, 6.45) is 3.05. The molecule has 1 atom stereocenters. The number of rotatable bonds is 4. The maximum atomic E-state index is 11.1. The molecule has 0 saturated heterocycles. The van der Waals surface area contributed by atoms with Crippen molar-refractivity contribution in [2.24, 2.45) is 0 Å². The average molecular weight is 312 g/mol. The van der Waals surface area contributed by atoms with E-state index in [2.05, 4.69) is 42.7 Å². The summed E-state index contributed by atoms with van der Waals surface area (Å²) in [5.41, 5.74) is 0.558. The molecule has 0 aliphatic carbocycles. The lowest BCUT2D eigenvalue weighted by Crippen LogP contribution is -2.23. The van der Waals surface area contributed by atoms with Crippen LogP contribution in [0.15, 0.2) is 85.5 Å². The van der Waals surface area contributed by atoms with Gasteiger partial charge in [0.15, 0.2) is 5.60 Å². The molecule has 3 rings (SSSR count). The third-order valence-corrected chi connectivity index (χ3v) is 4.12. The molecule has 0 aliphatic heterocycles. The molecule has 3 aromatic carbocycles. The molecule has 0 fully saturated rings. The molecule has 0 spiro atoms. The van der Waals surface area contributed by atoms with Crippen LogP contribution in [0.1, 0.15) is 24.0 Å². The summed E-state index contributed by atoms with van der Waals surface area (Å²) >= 11 is 0. The van der Waals surface area contributed by atoms with Gasteiger partial charge in [0.25, 0.3) is 0 Å². The number of benzene rings is 3. The molecule has 1 nitrogen and oxygen atoms in total. The Kier molecular flexibility index (Phi) is 4.79. The molecule has 0 aromatic heterocycles. The van der Waals surface area contributed by atoms with Crippen LogP contribution < -0.4 is 0 Å². The van der Waals surface area contributed by atoms with E-state index in [1.165, 1.54) is 5.39 Å². The minimum absolute atomic E-state index is 0.529. The summed E-state index contributed by atoms with van der Waals surface area (Å²) in [4.78, 5) is 0. The number of fused-ring (bicyclic) bond motifs is 1. The monoisotopic (exact) mass is 312 g/mol. The predicted molar refractivity (Wildman–Crippen MR) is 101 cm³/mol. The maximum absolute atomic E-state index is 11.1. The predicted octanol–water partition coefficient (Wildman–Crippen LogP) is 5.05. The molecular formula is C23H20O. The SMILES string of the molecule is C=CCCC(O)(C#Cc1ccc2ccccc2c1)c1ccccc1. The molecule has 0 radical (unpaired) electrons. The van der Waals surface area contributed by atoms with E-state index >= 15 is 0 Å². The van der Waals surface area contributed by atoms with Crippen LogP contribution in [-0.2, 0) is 5.60 Å². The lowest BCUT2D eigenvalue weighted by Gasteiger charge is -2.22. The van der Waals surface area contributed by atoms with Crippen molar-refractivity contribution in [3.05, 3.63) is 96.6 Å². The van der Waals surface area contributed by atoms with Gasteiger partial charge in [0, 0.05) is 5.56 Å². The van der Waals surface area contributed by atoms with E-state index in [0.717, 1.165) is 16.5 Å². The quantitative estimate of drug-likeness (QED) is 0.528. The van der Waals surface area contributed by atoms with E-state index < -0.39 is 5.60 Å². The van der Waals surface area contributed by atoms with Gasteiger partial charge in [-0.25, -0.2) is 0 Å². The van der Waals surface area contributed by atoms with Gasteiger partial charge in [-0.15, -0.1) is 6.58 Å². The second kappa shape index (κ2) is 7.17. The molecule has 0 aliphatic rings. The van der Waals surface area contributed by atoms with E-state index in [1.807, 2.05) is 54.6 Å². The minimum atomic E-state index is -1.17. The van der Waals surface area contributed by atoms with Crippen molar-refractivity contribution in [1.29, 1.82) is 0 Å². The van der Waals surface area contributed by atoms with E-state index in [-0.39, 0.29) is 0 Å². The standard InChI is InChI=1S/C23H20O/c1-2-3-16-23(24,22-11-5-4-6-12-22)17-15-19-13-14-20-9-7-8-10-21(20)18-19/h2,4-14,18,24H,1,3,16H2. The van der Waals surface area contributed by atoms with Crippen LogP contribution in [0.3, 0.4) is 0 Å². The van der Waals surface area contributed by atoms with Gasteiger partial charge in [0.05, 0.1) is 0 Å². The molecule has 0 bridgehead atoms. The van der Waals surface area contributed by atoms with Gasteiger partial charge in [0.1, 0.15) is 0 Å². The normalized spacial score (nSPS) is 12.9. The summed E-state index contributed by atoms with van der Waals surface area (Å²) in [5.74, 6) is 6.24.